The largest absolute Gasteiger partial charge is 0.489 e. The Kier molecular flexibility index (Phi) is 7.99. The number of ether oxygens (including phenoxy) is 1. The molecule has 3 heterocycles. The molecule has 1 fully saturated rings. The van der Waals surface area contributed by atoms with E-state index in [9.17, 15) is 18.0 Å². The SMILES string of the molecule is CC(C)Oc1ccc(N2CCC(c3nn(C(c4ccccc4)c4ccccc4)c4c3C(C(F)(F)F)CC(=O)C4)CC2)nc1. The Balaban J connectivity index is 1.38. The fourth-order valence-electron chi connectivity index (χ4n) is 6.47. The molecule has 224 valence electrons. The number of alkyl halides is 3. The zero-order valence-corrected chi connectivity index (χ0v) is 24.3. The van der Waals surface area contributed by atoms with E-state index >= 15 is 0 Å². The number of pyridine rings is 1. The van der Waals surface area contributed by atoms with Crippen LogP contribution in [0, 0.1) is 0 Å². The number of carbonyl (C=O) groups excluding carboxylic acids is 1. The van der Waals surface area contributed by atoms with Gasteiger partial charge in [-0.2, -0.15) is 18.3 Å². The van der Waals surface area contributed by atoms with Crippen LogP contribution in [0.4, 0.5) is 19.0 Å². The topological polar surface area (TPSA) is 60.2 Å². The lowest BCUT2D eigenvalue weighted by molar-refractivity contribution is -0.158. The summed E-state index contributed by atoms with van der Waals surface area (Å²) in [7, 11) is 0. The van der Waals surface area contributed by atoms with Gasteiger partial charge in [-0.3, -0.25) is 9.48 Å². The number of hydrogen-bond acceptors (Lipinski definition) is 5. The molecule has 0 bridgehead atoms. The van der Waals surface area contributed by atoms with Crippen LogP contribution in [0.3, 0.4) is 0 Å². The van der Waals surface area contributed by atoms with Crippen LogP contribution in [-0.2, 0) is 11.2 Å². The lowest BCUT2D eigenvalue weighted by atomic mass is 9.79. The quantitative estimate of drug-likeness (QED) is 0.228. The molecule has 0 spiro atoms. The molecular weight excluding hydrogens is 553 g/mol. The predicted octanol–water partition coefficient (Wildman–Crippen LogP) is 7.25. The fourth-order valence-corrected chi connectivity index (χ4v) is 6.47. The van der Waals surface area contributed by atoms with Crippen molar-refractivity contribution in [1.29, 1.82) is 0 Å². The Labute approximate surface area is 249 Å². The number of Topliss-reactive ketones (excluding diaryl/α,β-unsaturated/α-hetero) is 1. The Morgan fingerprint density at radius 2 is 1.53 bits per heavy atom. The van der Waals surface area contributed by atoms with Crippen molar-refractivity contribution < 1.29 is 22.7 Å². The number of hydrogen-bond donors (Lipinski definition) is 0. The first kappa shape index (κ1) is 29.0. The molecule has 2 aromatic carbocycles. The summed E-state index contributed by atoms with van der Waals surface area (Å²) in [5.41, 5.74) is 2.87. The van der Waals surface area contributed by atoms with Crippen molar-refractivity contribution in [2.75, 3.05) is 18.0 Å². The van der Waals surface area contributed by atoms with Crippen molar-refractivity contribution in [1.82, 2.24) is 14.8 Å². The second kappa shape index (κ2) is 11.9. The third-order valence-electron chi connectivity index (χ3n) is 8.39. The van der Waals surface area contributed by atoms with E-state index in [1.807, 2.05) is 86.6 Å². The highest BCUT2D eigenvalue weighted by Crippen LogP contribution is 2.48. The van der Waals surface area contributed by atoms with Gasteiger partial charge in [-0.15, -0.1) is 0 Å². The Morgan fingerprint density at radius 1 is 0.907 bits per heavy atom. The molecule has 9 heteroatoms. The van der Waals surface area contributed by atoms with E-state index in [2.05, 4.69) is 9.88 Å². The van der Waals surface area contributed by atoms with Crippen LogP contribution in [0.15, 0.2) is 79.0 Å². The third kappa shape index (κ3) is 6.03. The zero-order valence-electron chi connectivity index (χ0n) is 24.3. The van der Waals surface area contributed by atoms with E-state index in [0.29, 0.717) is 43.1 Å². The second-order valence-corrected chi connectivity index (χ2v) is 11.7. The summed E-state index contributed by atoms with van der Waals surface area (Å²) in [6, 6.07) is 22.7. The summed E-state index contributed by atoms with van der Waals surface area (Å²) in [5.74, 6) is -0.917. The van der Waals surface area contributed by atoms with Crippen LogP contribution in [-0.4, -0.2) is 45.9 Å². The minimum atomic E-state index is -4.55. The number of piperidine rings is 1. The summed E-state index contributed by atoms with van der Waals surface area (Å²) >= 11 is 0. The average molecular weight is 589 g/mol. The number of ketones is 1. The first-order valence-electron chi connectivity index (χ1n) is 14.9. The number of fused-ring (bicyclic) bond motifs is 1. The first-order valence-corrected chi connectivity index (χ1v) is 14.9. The molecule has 1 saturated heterocycles. The van der Waals surface area contributed by atoms with E-state index in [0.717, 1.165) is 16.9 Å². The van der Waals surface area contributed by atoms with Crippen LogP contribution in [0.5, 0.6) is 5.75 Å². The smallest absolute Gasteiger partial charge is 0.396 e. The van der Waals surface area contributed by atoms with Gasteiger partial charge in [0.05, 0.1) is 29.6 Å². The second-order valence-electron chi connectivity index (χ2n) is 11.7. The molecule has 1 unspecified atom stereocenters. The lowest BCUT2D eigenvalue weighted by Gasteiger charge is -2.33. The molecule has 1 aliphatic heterocycles. The van der Waals surface area contributed by atoms with Crippen molar-refractivity contribution in [3.63, 3.8) is 0 Å². The van der Waals surface area contributed by atoms with E-state index in [-0.39, 0.29) is 24.0 Å². The van der Waals surface area contributed by atoms with Crippen molar-refractivity contribution in [2.24, 2.45) is 0 Å². The van der Waals surface area contributed by atoms with Gasteiger partial charge in [0.1, 0.15) is 23.4 Å². The minimum Gasteiger partial charge on any atom is -0.489 e. The molecule has 2 aliphatic rings. The van der Waals surface area contributed by atoms with E-state index in [1.165, 1.54) is 0 Å². The van der Waals surface area contributed by atoms with Crippen LogP contribution >= 0.6 is 0 Å². The number of carbonyl (C=O) groups is 1. The fraction of sp³-hybridized carbons (Fsp3) is 0.382. The van der Waals surface area contributed by atoms with Gasteiger partial charge < -0.3 is 9.64 Å². The molecule has 0 saturated carbocycles. The molecule has 1 atom stereocenters. The highest BCUT2D eigenvalue weighted by atomic mass is 19.4. The number of benzene rings is 2. The Morgan fingerprint density at radius 3 is 2.07 bits per heavy atom. The maximum atomic E-state index is 14.6. The minimum absolute atomic E-state index is 0.0494. The number of anilines is 1. The van der Waals surface area contributed by atoms with Crippen molar-refractivity contribution in [2.45, 2.75) is 69.7 Å². The van der Waals surface area contributed by atoms with Crippen LogP contribution in [0.25, 0.3) is 0 Å². The van der Waals surface area contributed by atoms with Crippen molar-refractivity contribution >= 4 is 11.6 Å². The van der Waals surface area contributed by atoms with Crippen molar-refractivity contribution in [3.8, 4) is 5.75 Å². The summed E-state index contributed by atoms with van der Waals surface area (Å²) in [6.07, 6.45) is -2.12. The van der Waals surface area contributed by atoms with Gasteiger partial charge in [-0.1, -0.05) is 60.7 Å². The van der Waals surface area contributed by atoms with Gasteiger partial charge in [0.2, 0.25) is 0 Å². The van der Waals surface area contributed by atoms with Gasteiger partial charge in [0.25, 0.3) is 0 Å². The third-order valence-corrected chi connectivity index (χ3v) is 8.39. The van der Waals surface area contributed by atoms with Gasteiger partial charge >= 0.3 is 6.18 Å². The number of nitrogens with zero attached hydrogens (tertiary/aromatic N) is 4. The van der Waals surface area contributed by atoms with E-state index in [1.54, 1.807) is 10.9 Å². The maximum Gasteiger partial charge on any atom is 0.396 e. The zero-order chi connectivity index (χ0) is 30.1. The van der Waals surface area contributed by atoms with Crippen LogP contribution in [0.1, 0.15) is 79.1 Å². The highest BCUT2D eigenvalue weighted by molar-refractivity contribution is 5.84. The molecule has 6 rings (SSSR count). The summed E-state index contributed by atoms with van der Waals surface area (Å²) in [4.78, 5) is 19.6. The van der Waals surface area contributed by atoms with Gasteiger partial charge in [0, 0.05) is 37.4 Å². The standard InChI is InChI=1S/C34H35F3N4O2/c1-22(2)43-27-13-14-30(38-21-27)40-17-15-23(16-18-40)32-31-28(34(35,36)37)19-26(42)20-29(31)41(39-32)33(24-9-5-3-6-10-24)25-11-7-4-8-12-25/h3-14,21-23,28,33H,15-20H2,1-2H3. The molecule has 43 heavy (non-hydrogen) atoms. The Hall–Kier alpha value is -4.14. The first-order chi connectivity index (χ1) is 20.7. The molecule has 1 aliphatic carbocycles. The normalized spacial score (nSPS) is 17.9. The van der Waals surface area contributed by atoms with Gasteiger partial charge in [0.15, 0.2) is 0 Å². The molecular formula is C34H35F3N4O2. The highest BCUT2D eigenvalue weighted by Gasteiger charge is 2.49. The summed E-state index contributed by atoms with van der Waals surface area (Å²) < 4.78 is 51.1. The van der Waals surface area contributed by atoms with E-state index < -0.39 is 30.3 Å². The van der Waals surface area contributed by atoms with Crippen LogP contribution < -0.4 is 9.64 Å². The van der Waals surface area contributed by atoms with Gasteiger partial charge in [-0.05, 0) is 49.9 Å². The average Bonchev–Trinajstić information content (AvgIpc) is 3.36. The maximum absolute atomic E-state index is 14.6. The molecule has 0 radical (unpaired) electrons. The molecule has 4 aromatic rings. The summed E-state index contributed by atoms with van der Waals surface area (Å²) in [5, 5.41) is 5.02. The van der Waals surface area contributed by atoms with Crippen molar-refractivity contribution in [3.05, 3.63) is 107 Å². The molecule has 0 N–H and O–H groups in total. The Bertz CT molecular complexity index is 1510. The monoisotopic (exact) mass is 588 g/mol. The number of aromatic nitrogens is 3. The molecule has 6 nitrogen and oxygen atoms in total. The van der Waals surface area contributed by atoms with Gasteiger partial charge in [-0.25, -0.2) is 4.98 Å². The predicted molar refractivity (Wildman–Crippen MR) is 159 cm³/mol. The number of rotatable bonds is 7. The van der Waals surface area contributed by atoms with E-state index in [4.69, 9.17) is 9.84 Å². The lowest BCUT2D eigenvalue weighted by Crippen LogP contribution is -2.35. The summed E-state index contributed by atoms with van der Waals surface area (Å²) in [6.45, 7) is 5.19. The number of halogens is 3. The molecule has 0 amide bonds. The molecule has 2 aromatic heterocycles. The van der Waals surface area contributed by atoms with Crippen LogP contribution in [0.2, 0.25) is 0 Å².